The van der Waals surface area contributed by atoms with E-state index in [4.69, 9.17) is 0 Å². The Morgan fingerprint density at radius 3 is 1.48 bits per heavy atom. The van der Waals surface area contributed by atoms with Crippen LogP contribution in [0, 0.1) is 0 Å². The Bertz CT molecular complexity index is 1170. The van der Waals surface area contributed by atoms with Crippen LogP contribution < -0.4 is 5.32 Å². The zero-order valence-electron chi connectivity index (χ0n) is 17.9. The van der Waals surface area contributed by atoms with Crippen LogP contribution in [0.5, 0.6) is 0 Å². The molecule has 0 bridgehead atoms. The number of amides is 2. The smallest absolute Gasteiger partial charge is 0.322 e. The fourth-order valence-corrected chi connectivity index (χ4v) is 3.73. The maximum absolute atomic E-state index is 13.7. The Balaban J connectivity index is 1.98. The van der Waals surface area contributed by atoms with E-state index in [0.29, 0.717) is 13.0 Å². The first kappa shape index (κ1) is 21.9. The van der Waals surface area contributed by atoms with Crippen molar-refractivity contribution in [2.45, 2.75) is 6.42 Å². The Labute approximate surface area is 191 Å². The number of carbonyl (C=O) groups excluding carboxylic acids is 4. The molecule has 0 aliphatic carbocycles. The van der Waals surface area contributed by atoms with Crippen LogP contribution in [-0.2, 0) is 0 Å². The summed E-state index contributed by atoms with van der Waals surface area (Å²) in [5.74, 6) is -1.78. The summed E-state index contributed by atoms with van der Waals surface area (Å²) in [6.07, 6.45) is 0.573. The van der Waals surface area contributed by atoms with Gasteiger partial charge in [-0.05, 0) is 6.42 Å². The van der Waals surface area contributed by atoms with Gasteiger partial charge >= 0.3 is 6.03 Å². The van der Waals surface area contributed by atoms with Crippen molar-refractivity contribution >= 4 is 23.4 Å². The van der Waals surface area contributed by atoms with Crippen molar-refractivity contribution in [1.82, 2.24) is 10.2 Å². The van der Waals surface area contributed by atoms with E-state index < -0.39 is 23.4 Å². The molecule has 0 unspecified atom stereocenters. The fourth-order valence-electron chi connectivity index (χ4n) is 3.73. The standard InChI is InChI=1S/C27H22N2O4/c30-24(19-11-4-1-5-12-19)22(25(31)20-13-6-2-7-14-20)23(29-18-10-17-28-27(29)33)26(32)21-15-8-3-9-16-21/h1-9,11-16H,10,17-18H2,(H,28,33). The average Bonchev–Trinajstić information content (AvgIpc) is 2.88. The van der Waals surface area contributed by atoms with E-state index in [1.54, 1.807) is 91.0 Å². The summed E-state index contributed by atoms with van der Waals surface area (Å²) in [6.45, 7) is 0.671. The number of hydrogen-bond acceptors (Lipinski definition) is 4. The summed E-state index contributed by atoms with van der Waals surface area (Å²) in [5, 5.41) is 2.71. The maximum atomic E-state index is 13.7. The minimum Gasteiger partial charge on any atom is -0.338 e. The predicted molar refractivity (Wildman–Crippen MR) is 124 cm³/mol. The van der Waals surface area contributed by atoms with E-state index in [1.165, 1.54) is 4.90 Å². The Hall–Kier alpha value is -4.32. The van der Waals surface area contributed by atoms with Gasteiger partial charge in [0.15, 0.2) is 11.6 Å². The van der Waals surface area contributed by atoms with Crippen molar-refractivity contribution < 1.29 is 19.2 Å². The van der Waals surface area contributed by atoms with E-state index >= 15 is 0 Å². The third-order valence-electron chi connectivity index (χ3n) is 5.36. The van der Waals surface area contributed by atoms with Gasteiger partial charge in [-0.1, -0.05) is 91.0 Å². The highest BCUT2D eigenvalue weighted by Gasteiger charge is 2.35. The van der Waals surface area contributed by atoms with E-state index in [0.717, 1.165) is 0 Å². The third-order valence-corrected chi connectivity index (χ3v) is 5.36. The molecule has 3 aromatic carbocycles. The second-order valence-electron chi connectivity index (χ2n) is 7.55. The Kier molecular flexibility index (Phi) is 6.55. The molecule has 164 valence electrons. The van der Waals surface area contributed by atoms with E-state index in [2.05, 4.69) is 5.32 Å². The van der Waals surface area contributed by atoms with Crippen LogP contribution in [0.15, 0.2) is 102 Å². The monoisotopic (exact) mass is 438 g/mol. The second kappa shape index (κ2) is 9.87. The third kappa shape index (κ3) is 4.65. The van der Waals surface area contributed by atoms with Crippen molar-refractivity contribution in [3.8, 4) is 0 Å². The molecular weight excluding hydrogens is 416 g/mol. The van der Waals surface area contributed by atoms with Crippen molar-refractivity contribution in [3.63, 3.8) is 0 Å². The molecule has 1 aliphatic rings. The summed E-state index contributed by atoms with van der Waals surface area (Å²) in [6, 6.07) is 24.4. The number of nitrogens with one attached hydrogen (secondary N) is 1. The second-order valence-corrected chi connectivity index (χ2v) is 7.55. The molecule has 6 heteroatoms. The lowest BCUT2D eigenvalue weighted by molar-refractivity contribution is 0.0922. The minimum atomic E-state index is -0.609. The van der Waals surface area contributed by atoms with Gasteiger partial charge in [0.05, 0.1) is 5.57 Å². The summed E-state index contributed by atoms with van der Waals surface area (Å²) in [5.41, 5.74) is 0.268. The van der Waals surface area contributed by atoms with E-state index in [-0.39, 0.29) is 34.5 Å². The van der Waals surface area contributed by atoms with Gasteiger partial charge in [0, 0.05) is 29.8 Å². The number of nitrogens with zero attached hydrogens (tertiary/aromatic N) is 1. The topological polar surface area (TPSA) is 83.6 Å². The first-order valence-corrected chi connectivity index (χ1v) is 10.7. The van der Waals surface area contributed by atoms with Crippen LogP contribution >= 0.6 is 0 Å². The molecule has 0 radical (unpaired) electrons. The average molecular weight is 438 g/mol. The maximum Gasteiger partial charge on any atom is 0.322 e. The Morgan fingerprint density at radius 2 is 1.06 bits per heavy atom. The molecule has 33 heavy (non-hydrogen) atoms. The fraction of sp³-hybridized carbons (Fsp3) is 0.111. The van der Waals surface area contributed by atoms with Crippen LogP contribution in [-0.4, -0.2) is 41.4 Å². The predicted octanol–water partition coefficient (Wildman–Crippen LogP) is 4.30. The van der Waals surface area contributed by atoms with Crippen molar-refractivity contribution in [1.29, 1.82) is 0 Å². The van der Waals surface area contributed by atoms with Crippen molar-refractivity contribution in [2.24, 2.45) is 0 Å². The quantitative estimate of drug-likeness (QED) is 0.258. The summed E-state index contributed by atoms with van der Waals surface area (Å²) in [7, 11) is 0. The first-order valence-electron chi connectivity index (χ1n) is 10.7. The molecule has 0 atom stereocenters. The van der Waals surface area contributed by atoms with Gasteiger partial charge in [-0.3, -0.25) is 19.3 Å². The van der Waals surface area contributed by atoms with Crippen LogP contribution in [0.3, 0.4) is 0 Å². The molecule has 1 fully saturated rings. The molecule has 6 nitrogen and oxygen atoms in total. The molecule has 3 aromatic rings. The van der Waals surface area contributed by atoms with E-state index in [9.17, 15) is 19.2 Å². The highest BCUT2D eigenvalue weighted by atomic mass is 16.2. The normalized spacial score (nSPS) is 13.1. The molecule has 1 heterocycles. The van der Waals surface area contributed by atoms with Gasteiger partial charge in [0.25, 0.3) is 0 Å². The number of Topliss-reactive ketones (excluding diaryl/α,β-unsaturated/α-hetero) is 3. The molecule has 0 aromatic heterocycles. The van der Waals surface area contributed by atoms with Gasteiger partial charge in [-0.2, -0.15) is 0 Å². The van der Waals surface area contributed by atoms with Crippen LogP contribution in [0.1, 0.15) is 37.5 Å². The molecule has 1 saturated heterocycles. The number of hydrogen-bond donors (Lipinski definition) is 1. The molecule has 0 spiro atoms. The molecule has 2 amide bonds. The molecule has 1 N–H and O–H groups in total. The lowest BCUT2D eigenvalue weighted by atomic mass is 9.90. The SMILES string of the molecule is O=C(C(C(=O)c1ccccc1)=C(C(=O)c1ccccc1)N1CCCNC1=O)c1ccccc1. The first-order chi connectivity index (χ1) is 16.1. The van der Waals surface area contributed by atoms with Crippen molar-refractivity contribution in [2.75, 3.05) is 13.1 Å². The van der Waals surface area contributed by atoms with Crippen LogP contribution in [0.25, 0.3) is 0 Å². The molecule has 1 aliphatic heterocycles. The summed E-state index contributed by atoms with van der Waals surface area (Å²) < 4.78 is 0. The van der Waals surface area contributed by atoms with Gasteiger partial charge in [0.2, 0.25) is 5.78 Å². The highest BCUT2D eigenvalue weighted by molar-refractivity contribution is 6.35. The molecule has 4 rings (SSSR count). The number of allylic oxidation sites excluding steroid dienone is 2. The summed E-state index contributed by atoms with van der Waals surface area (Å²) in [4.78, 5) is 55.1. The minimum absolute atomic E-state index is 0.207. The molecule has 0 saturated carbocycles. The lowest BCUT2D eigenvalue weighted by Crippen LogP contribution is -2.48. The number of benzene rings is 3. The largest absolute Gasteiger partial charge is 0.338 e. The van der Waals surface area contributed by atoms with Crippen LogP contribution in [0.2, 0.25) is 0 Å². The zero-order chi connectivity index (χ0) is 23.2. The van der Waals surface area contributed by atoms with Gasteiger partial charge in [-0.25, -0.2) is 4.79 Å². The van der Waals surface area contributed by atoms with Crippen LogP contribution in [0.4, 0.5) is 4.79 Å². The summed E-state index contributed by atoms with van der Waals surface area (Å²) >= 11 is 0. The number of carbonyl (C=O) groups is 4. The Morgan fingerprint density at radius 1 is 0.636 bits per heavy atom. The number of ketones is 3. The van der Waals surface area contributed by atoms with Gasteiger partial charge in [-0.15, -0.1) is 0 Å². The lowest BCUT2D eigenvalue weighted by Gasteiger charge is -2.30. The van der Waals surface area contributed by atoms with Gasteiger partial charge < -0.3 is 5.32 Å². The number of rotatable bonds is 7. The highest BCUT2D eigenvalue weighted by Crippen LogP contribution is 2.25. The number of urea groups is 1. The van der Waals surface area contributed by atoms with Crippen molar-refractivity contribution in [3.05, 3.63) is 119 Å². The molecular formula is C27H22N2O4. The van der Waals surface area contributed by atoms with Gasteiger partial charge in [0.1, 0.15) is 5.70 Å². The zero-order valence-corrected chi connectivity index (χ0v) is 17.9. The van der Waals surface area contributed by atoms with E-state index in [1.807, 2.05) is 0 Å².